The van der Waals surface area contributed by atoms with Crippen LogP contribution in [-0.2, 0) is 6.42 Å². The van der Waals surface area contributed by atoms with E-state index in [1.54, 1.807) is 7.11 Å². The van der Waals surface area contributed by atoms with E-state index in [2.05, 4.69) is 0 Å². The number of ether oxygens (including phenoxy) is 2. The summed E-state index contributed by atoms with van der Waals surface area (Å²) in [5.41, 5.74) is 8.89. The third kappa shape index (κ3) is 4.05. The molecule has 4 heteroatoms. The third-order valence-corrected chi connectivity index (χ3v) is 3.32. The molecule has 2 aromatic carbocycles. The number of rotatable bonds is 6. The first-order valence-corrected chi connectivity index (χ1v) is 6.92. The van der Waals surface area contributed by atoms with Gasteiger partial charge in [0.25, 0.3) is 0 Å². The molecule has 0 spiro atoms. The number of hydrogen-bond donors (Lipinski definition) is 1. The first-order chi connectivity index (χ1) is 10.1. The number of benzene rings is 2. The molecule has 0 amide bonds. The van der Waals surface area contributed by atoms with Gasteiger partial charge in [-0.3, -0.25) is 0 Å². The van der Waals surface area contributed by atoms with E-state index in [1.807, 2.05) is 61.5 Å². The van der Waals surface area contributed by atoms with Crippen LogP contribution in [0.25, 0.3) is 0 Å². The summed E-state index contributed by atoms with van der Waals surface area (Å²) in [7, 11) is 5.65. The van der Waals surface area contributed by atoms with Crippen LogP contribution in [0.15, 0.2) is 42.5 Å². The van der Waals surface area contributed by atoms with Crippen molar-refractivity contribution in [2.24, 2.45) is 0 Å². The minimum absolute atomic E-state index is 0.591. The molecule has 2 rings (SSSR count). The Bertz CT molecular complexity index is 580. The quantitative estimate of drug-likeness (QED) is 0.829. The maximum absolute atomic E-state index is 5.95. The van der Waals surface area contributed by atoms with Crippen LogP contribution in [0.1, 0.15) is 5.56 Å². The first kappa shape index (κ1) is 15.0. The average molecular weight is 286 g/mol. The number of nitrogens with zero attached hydrogens (tertiary/aromatic N) is 1. The summed E-state index contributed by atoms with van der Waals surface area (Å²) in [5, 5.41) is 0. The fourth-order valence-electron chi connectivity index (χ4n) is 2.00. The van der Waals surface area contributed by atoms with Gasteiger partial charge in [0.15, 0.2) is 0 Å². The van der Waals surface area contributed by atoms with E-state index in [1.165, 1.54) is 5.56 Å². The van der Waals surface area contributed by atoms with Crippen molar-refractivity contribution in [3.05, 3.63) is 48.0 Å². The Morgan fingerprint density at radius 1 is 1.05 bits per heavy atom. The minimum atomic E-state index is 0.591. The second kappa shape index (κ2) is 6.88. The molecule has 0 aliphatic rings. The molecule has 2 N–H and O–H groups in total. The van der Waals surface area contributed by atoms with Crippen LogP contribution in [-0.4, -0.2) is 27.8 Å². The summed E-state index contributed by atoms with van der Waals surface area (Å²) in [4.78, 5) is 2.02. The molecule has 0 aliphatic carbocycles. The molecule has 0 radical (unpaired) electrons. The molecule has 0 aliphatic heterocycles. The molecule has 0 bridgehead atoms. The third-order valence-electron chi connectivity index (χ3n) is 3.32. The van der Waals surface area contributed by atoms with E-state index in [0.29, 0.717) is 12.3 Å². The zero-order chi connectivity index (χ0) is 15.2. The SMILES string of the molecule is COc1ccc(CCOc2cc(N(C)C)ccc2N)cc1. The van der Waals surface area contributed by atoms with Gasteiger partial charge < -0.3 is 20.1 Å². The van der Waals surface area contributed by atoms with E-state index in [4.69, 9.17) is 15.2 Å². The molecular formula is C17H22N2O2. The van der Waals surface area contributed by atoms with Gasteiger partial charge in [0.05, 0.1) is 19.4 Å². The summed E-state index contributed by atoms with van der Waals surface area (Å²) in [5.74, 6) is 1.59. The minimum Gasteiger partial charge on any atom is -0.497 e. The van der Waals surface area contributed by atoms with Crippen LogP contribution < -0.4 is 20.1 Å². The van der Waals surface area contributed by atoms with Gasteiger partial charge in [0.1, 0.15) is 11.5 Å². The van der Waals surface area contributed by atoms with Crippen molar-refractivity contribution < 1.29 is 9.47 Å². The van der Waals surface area contributed by atoms with Crippen molar-refractivity contribution in [1.29, 1.82) is 0 Å². The number of methoxy groups -OCH3 is 1. The summed E-state index contributed by atoms with van der Waals surface area (Å²) in [6.45, 7) is 0.591. The molecule has 112 valence electrons. The normalized spacial score (nSPS) is 10.2. The van der Waals surface area contributed by atoms with Gasteiger partial charge in [-0.2, -0.15) is 0 Å². The molecule has 0 fully saturated rings. The van der Waals surface area contributed by atoms with Gasteiger partial charge in [0, 0.05) is 32.3 Å². The van der Waals surface area contributed by atoms with E-state index in [9.17, 15) is 0 Å². The van der Waals surface area contributed by atoms with Gasteiger partial charge in [-0.1, -0.05) is 12.1 Å². The fraction of sp³-hybridized carbons (Fsp3) is 0.294. The van der Waals surface area contributed by atoms with Crippen molar-refractivity contribution >= 4 is 11.4 Å². The van der Waals surface area contributed by atoms with Crippen LogP contribution >= 0.6 is 0 Å². The maximum Gasteiger partial charge on any atom is 0.144 e. The molecule has 0 atom stereocenters. The Hall–Kier alpha value is -2.36. The van der Waals surface area contributed by atoms with Crippen LogP contribution in [0.2, 0.25) is 0 Å². The van der Waals surface area contributed by atoms with Crippen LogP contribution in [0.3, 0.4) is 0 Å². The number of nitrogen functional groups attached to an aromatic ring is 1. The standard InChI is InChI=1S/C17H22N2O2/c1-19(2)14-6-9-16(18)17(12-14)21-11-10-13-4-7-15(20-3)8-5-13/h4-9,12H,10-11,18H2,1-3H3. The van der Waals surface area contributed by atoms with E-state index < -0.39 is 0 Å². The smallest absolute Gasteiger partial charge is 0.144 e. The first-order valence-electron chi connectivity index (χ1n) is 6.92. The lowest BCUT2D eigenvalue weighted by atomic mass is 10.1. The van der Waals surface area contributed by atoms with Crippen LogP contribution in [0.4, 0.5) is 11.4 Å². The van der Waals surface area contributed by atoms with Crippen LogP contribution in [0, 0.1) is 0 Å². The van der Waals surface area contributed by atoms with Crippen molar-refractivity contribution in [2.45, 2.75) is 6.42 Å². The van der Waals surface area contributed by atoms with Crippen LogP contribution in [0.5, 0.6) is 11.5 Å². The lowest BCUT2D eigenvalue weighted by molar-refractivity contribution is 0.323. The topological polar surface area (TPSA) is 47.7 Å². The van der Waals surface area contributed by atoms with Gasteiger partial charge >= 0.3 is 0 Å². The van der Waals surface area contributed by atoms with Crippen molar-refractivity contribution in [3.8, 4) is 11.5 Å². The van der Waals surface area contributed by atoms with Gasteiger partial charge in [0.2, 0.25) is 0 Å². The summed E-state index contributed by atoms with van der Waals surface area (Å²) in [6.07, 6.45) is 0.829. The monoisotopic (exact) mass is 286 g/mol. The molecule has 0 saturated heterocycles. The fourth-order valence-corrected chi connectivity index (χ4v) is 2.00. The highest BCUT2D eigenvalue weighted by Crippen LogP contribution is 2.27. The number of nitrogens with two attached hydrogens (primary N) is 1. The predicted molar refractivity (Wildman–Crippen MR) is 87.4 cm³/mol. The molecule has 0 heterocycles. The number of anilines is 2. The zero-order valence-electron chi connectivity index (χ0n) is 12.8. The summed E-state index contributed by atoms with van der Waals surface area (Å²) < 4.78 is 10.9. The van der Waals surface area contributed by atoms with E-state index >= 15 is 0 Å². The molecule has 4 nitrogen and oxygen atoms in total. The lowest BCUT2D eigenvalue weighted by Gasteiger charge is -2.15. The second-order valence-corrected chi connectivity index (χ2v) is 5.06. The maximum atomic E-state index is 5.95. The molecule has 0 unspecified atom stereocenters. The summed E-state index contributed by atoms with van der Waals surface area (Å²) in [6, 6.07) is 13.8. The van der Waals surface area contributed by atoms with Gasteiger partial charge in [-0.15, -0.1) is 0 Å². The highest BCUT2D eigenvalue weighted by Gasteiger charge is 2.04. The lowest BCUT2D eigenvalue weighted by Crippen LogP contribution is -2.10. The molecular weight excluding hydrogens is 264 g/mol. The molecule has 0 saturated carbocycles. The predicted octanol–water partition coefficient (Wildman–Crippen LogP) is 2.96. The number of hydrogen-bond acceptors (Lipinski definition) is 4. The van der Waals surface area contributed by atoms with E-state index in [0.717, 1.165) is 23.6 Å². The highest BCUT2D eigenvalue weighted by atomic mass is 16.5. The Kier molecular flexibility index (Phi) is 4.93. The van der Waals surface area contributed by atoms with E-state index in [-0.39, 0.29) is 0 Å². The van der Waals surface area contributed by atoms with Crippen molar-refractivity contribution in [2.75, 3.05) is 38.4 Å². The Morgan fingerprint density at radius 3 is 2.38 bits per heavy atom. The van der Waals surface area contributed by atoms with Crippen molar-refractivity contribution in [3.63, 3.8) is 0 Å². The molecule has 2 aromatic rings. The largest absolute Gasteiger partial charge is 0.497 e. The Labute approximate surface area is 126 Å². The Balaban J connectivity index is 1.94. The Morgan fingerprint density at radius 2 is 1.76 bits per heavy atom. The van der Waals surface area contributed by atoms with Gasteiger partial charge in [-0.05, 0) is 29.8 Å². The van der Waals surface area contributed by atoms with Crippen molar-refractivity contribution in [1.82, 2.24) is 0 Å². The second-order valence-electron chi connectivity index (χ2n) is 5.06. The summed E-state index contributed by atoms with van der Waals surface area (Å²) >= 11 is 0. The van der Waals surface area contributed by atoms with Gasteiger partial charge in [-0.25, -0.2) is 0 Å². The highest BCUT2D eigenvalue weighted by molar-refractivity contribution is 5.61. The zero-order valence-corrected chi connectivity index (χ0v) is 12.8. The molecule has 21 heavy (non-hydrogen) atoms. The average Bonchev–Trinajstić information content (AvgIpc) is 2.49. The molecule has 0 aromatic heterocycles.